The summed E-state index contributed by atoms with van der Waals surface area (Å²) in [5, 5.41) is 0. The largest absolute Gasteiger partial charge is 0.350 e. The Labute approximate surface area is 179 Å². The van der Waals surface area contributed by atoms with E-state index in [0.717, 1.165) is 68.3 Å². The summed E-state index contributed by atoms with van der Waals surface area (Å²) in [7, 11) is 3.87. The first kappa shape index (κ1) is 20.7. The van der Waals surface area contributed by atoms with Crippen LogP contribution in [0.25, 0.3) is 0 Å². The number of likely N-dealkylation sites (tertiary alicyclic amines) is 1. The highest BCUT2D eigenvalue weighted by Gasteiger charge is 2.29. The Kier molecular flexibility index (Phi) is 6.27. The fourth-order valence-electron chi connectivity index (χ4n) is 4.52. The summed E-state index contributed by atoms with van der Waals surface area (Å²) in [4.78, 5) is 33.3. The molecular weight excluding hydrogens is 376 g/mol. The van der Waals surface area contributed by atoms with E-state index in [1.165, 1.54) is 5.56 Å². The summed E-state index contributed by atoms with van der Waals surface area (Å²) in [6, 6.07) is 6.05. The molecule has 2 aliphatic heterocycles. The van der Waals surface area contributed by atoms with Crippen LogP contribution in [0, 0.1) is 6.92 Å². The third-order valence-corrected chi connectivity index (χ3v) is 6.03. The van der Waals surface area contributed by atoms with Gasteiger partial charge in [-0.1, -0.05) is 6.07 Å². The highest BCUT2D eigenvalue weighted by molar-refractivity contribution is 5.78. The molecule has 0 aromatic carbocycles. The highest BCUT2D eigenvalue weighted by Crippen LogP contribution is 2.32. The molecule has 1 saturated heterocycles. The van der Waals surface area contributed by atoms with Gasteiger partial charge < -0.3 is 14.7 Å². The number of aryl methyl sites for hydroxylation is 1. The van der Waals surface area contributed by atoms with Crippen LogP contribution >= 0.6 is 0 Å². The van der Waals surface area contributed by atoms with Crippen LogP contribution in [-0.2, 0) is 17.8 Å². The lowest BCUT2D eigenvalue weighted by atomic mass is 9.96. The molecular formula is C23H32N6O. The van der Waals surface area contributed by atoms with Gasteiger partial charge in [-0.2, -0.15) is 0 Å². The zero-order chi connectivity index (χ0) is 21.1. The molecule has 2 aromatic rings. The number of piperidine rings is 1. The lowest BCUT2D eigenvalue weighted by Crippen LogP contribution is -2.43. The summed E-state index contributed by atoms with van der Waals surface area (Å²) in [5.41, 5.74) is 3.40. The first-order valence-electron chi connectivity index (χ1n) is 11.0. The van der Waals surface area contributed by atoms with Crippen molar-refractivity contribution in [3.63, 3.8) is 0 Å². The molecule has 4 rings (SSSR count). The van der Waals surface area contributed by atoms with Crippen molar-refractivity contribution < 1.29 is 4.79 Å². The van der Waals surface area contributed by atoms with E-state index in [2.05, 4.69) is 22.9 Å². The van der Waals surface area contributed by atoms with Gasteiger partial charge in [0, 0.05) is 43.0 Å². The van der Waals surface area contributed by atoms with Crippen LogP contribution in [-0.4, -0.2) is 70.9 Å². The van der Waals surface area contributed by atoms with E-state index in [1.54, 1.807) is 0 Å². The molecule has 0 saturated carbocycles. The smallest absolute Gasteiger partial charge is 0.236 e. The van der Waals surface area contributed by atoms with Gasteiger partial charge in [0.25, 0.3) is 0 Å². The van der Waals surface area contributed by atoms with Crippen molar-refractivity contribution in [1.82, 2.24) is 24.8 Å². The lowest BCUT2D eigenvalue weighted by Gasteiger charge is -2.35. The van der Waals surface area contributed by atoms with Gasteiger partial charge in [0.15, 0.2) is 0 Å². The summed E-state index contributed by atoms with van der Waals surface area (Å²) in [5.74, 6) is 2.34. The number of carbonyl (C=O) groups is 1. The highest BCUT2D eigenvalue weighted by atomic mass is 16.2. The Morgan fingerprint density at radius 2 is 2.07 bits per heavy atom. The molecule has 0 bridgehead atoms. The molecule has 1 atom stereocenters. The molecule has 2 aliphatic rings. The van der Waals surface area contributed by atoms with Crippen LogP contribution in [0.1, 0.15) is 48.0 Å². The van der Waals surface area contributed by atoms with E-state index in [4.69, 9.17) is 9.97 Å². The maximum absolute atomic E-state index is 12.6. The van der Waals surface area contributed by atoms with Crippen molar-refractivity contribution in [2.75, 3.05) is 45.2 Å². The molecule has 1 fully saturated rings. The van der Waals surface area contributed by atoms with Crippen LogP contribution < -0.4 is 4.90 Å². The molecule has 0 radical (unpaired) electrons. The average Bonchev–Trinajstić information content (AvgIpc) is 2.74. The van der Waals surface area contributed by atoms with E-state index < -0.39 is 0 Å². The Morgan fingerprint density at radius 1 is 1.20 bits per heavy atom. The maximum Gasteiger partial charge on any atom is 0.236 e. The van der Waals surface area contributed by atoms with Crippen molar-refractivity contribution in [2.45, 2.75) is 45.1 Å². The number of nitrogens with zero attached hydrogens (tertiary/aromatic N) is 6. The van der Waals surface area contributed by atoms with Crippen LogP contribution in [0.15, 0.2) is 24.4 Å². The normalized spacial score (nSPS) is 19.1. The van der Waals surface area contributed by atoms with Crippen LogP contribution in [0.3, 0.4) is 0 Å². The second-order valence-electron chi connectivity index (χ2n) is 8.73. The van der Waals surface area contributed by atoms with Gasteiger partial charge in [0.05, 0.1) is 18.8 Å². The maximum atomic E-state index is 12.6. The van der Waals surface area contributed by atoms with Gasteiger partial charge in [-0.3, -0.25) is 9.78 Å². The molecule has 160 valence electrons. The molecule has 0 unspecified atom stereocenters. The number of hydrogen-bond donors (Lipinski definition) is 0. The Morgan fingerprint density at radius 3 is 2.83 bits per heavy atom. The molecule has 7 nitrogen and oxygen atoms in total. The summed E-state index contributed by atoms with van der Waals surface area (Å²) in [6.07, 6.45) is 6.02. The molecule has 4 heterocycles. The Hall–Kier alpha value is -2.54. The number of aromatic nitrogens is 3. The predicted molar refractivity (Wildman–Crippen MR) is 117 cm³/mol. The van der Waals surface area contributed by atoms with Crippen molar-refractivity contribution in [1.29, 1.82) is 0 Å². The van der Waals surface area contributed by atoms with E-state index in [0.29, 0.717) is 13.1 Å². The van der Waals surface area contributed by atoms with Gasteiger partial charge in [-0.05, 0) is 58.8 Å². The van der Waals surface area contributed by atoms with E-state index in [1.807, 2.05) is 42.2 Å². The van der Waals surface area contributed by atoms with Crippen LogP contribution in [0.2, 0.25) is 0 Å². The molecule has 0 spiro atoms. The fraction of sp³-hybridized carbons (Fsp3) is 0.565. The van der Waals surface area contributed by atoms with Crippen molar-refractivity contribution in [3.8, 4) is 0 Å². The molecule has 0 N–H and O–H groups in total. The van der Waals surface area contributed by atoms with E-state index >= 15 is 0 Å². The minimum Gasteiger partial charge on any atom is -0.350 e. The number of rotatable bonds is 5. The molecule has 0 aliphatic carbocycles. The number of pyridine rings is 1. The van der Waals surface area contributed by atoms with E-state index in [9.17, 15) is 4.79 Å². The zero-order valence-corrected chi connectivity index (χ0v) is 18.3. The zero-order valence-electron chi connectivity index (χ0n) is 18.3. The third-order valence-electron chi connectivity index (χ3n) is 6.03. The fourth-order valence-corrected chi connectivity index (χ4v) is 4.52. The monoisotopic (exact) mass is 408 g/mol. The first-order chi connectivity index (χ1) is 14.5. The standard InChI is InChI=1S/C23H32N6O/c1-17-20-10-7-13-29(15-19-9-4-5-11-24-19)23(20)26-22(25-17)18-8-6-12-28(14-18)21(30)16-27(2)3/h4-5,9,11,18H,6-8,10,12-16H2,1-3H3/t18-/m0/s1. The molecule has 1 amide bonds. The Bertz CT molecular complexity index is 885. The summed E-state index contributed by atoms with van der Waals surface area (Å²) < 4.78 is 0. The number of amides is 1. The number of carbonyl (C=O) groups excluding carboxylic acids is 1. The van der Waals surface area contributed by atoms with Gasteiger partial charge >= 0.3 is 0 Å². The van der Waals surface area contributed by atoms with Gasteiger partial charge in [-0.15, -0.1) is 0 Å². The molecule has 30 heavy (non-hydrogen) atoms. The summed E-state index contributed by atoms with van der Waals surface area (Å²) in [6.45, 7) is 5.85. The number of anilines is 1. The predicted octanol–water partition coefficient (Wildman–Crippen LogP) is 2.40. The first-order valence-corrected chi connectivity index (χ1v) is 11.0. The third kappa shape index (κ3) is 4.61. The number of likely N-dealkylation sites (N-methyl/N-ethyl adjacent to an activating group) is 1. The van der Waals surface area contributed by atoms with E-state index in [-0.39, 0.29) is 11.8 Å². The van der Waals surface area contributed by atoms with Crippen molar-refractivity contribution >= 4 is 11.7 Å². The number of hydrogen-bond acceptors (Lipinski definition) is 6. The quantitative estimate of drug-likeness (QED) is 0.757. The Balaban J connectivity index is 1.57. The van der Waals surface area contributed by atoms with Crippen molar-refractivity contribution in [3.05, 3.63) is 47.2 Å². The van der Waals surface area contributed by atoms with Gasteiger partial charge in [-0.25, -0.2) is 9.97 Å². The van der Waals surface area contributed by atoms with Crippen LogP contribution in [0.4, 0.5) is 5.82 Å². The minimum absolute atomic E-state index is 0.191. The molecule has 7 heteroatoms. The molecule has 2 aromatic heterocycles. The average molecular weight is 409 g/mol. The van der Waals surface area contributed by atoms with Gasteiger partial charge in [0.2, 0.25) is 5.91 Å². The second kappa shape index (κ2) is 9.08. The SMILES string of the molecule is Cc1nc([C@H]2CCCN(C(=O)CN(C)C)C2)nc2c1CCCN2Cc1ccccn1. The number of fused-ring (bicyclic) bond motifs is 1. The summed E-state index contributed by atoms with van der Waals surface area (Å²) >= 11 is 0. The lowest BCUT2D eigenvalue weighted by molar-refractivity contribution is -0.133. The minimum atomic E-state index is 0.191. The topological polar surface area (TPSA) is 65.5 Å². The van der Waals surface area contributed by atoms with Crippen molar-refractivity contribution in [2.24, 2.45) is 0 Å². The second-order valence-corrected chi connectivity index (χ2v) is 8.73. The van der Waals surface area contributed by atoms with Gasteiger partial charge in [0.1, 0.15) is 11.6 Å². The van der Waals surface area contributed by atoms with Crippen LogP contribution in [0.5, 0.6) is 0 Å².